The number of carbonyl (C=O) groups is 1. The molecule has 1 fully saturated rings. The van der Waals surface area contributed by atoms with E-state index < -0.39 is 0 Å². The van der Waals surface area contributed by atoms with E-state index in [0.717, 1.165) is 11.1 Å². The number of nitrogens with zero attached hydrogens (tertiary/aromatic N) is 3. The Bertz CT molecular complexity index is 1030. The summed E-state index contributed by atoms with van der Waals surface area (Å²) in [5.41, 5.74) is 2.28. The van der Waals surface area contributed by atoms with E-state index in [4.69, 9.17) is 10.1 Å². The zero-order chi connectivity index (χ0) is 23.1. The number of rotatable bonds is 6. The van der Waals surface area contributed by atoms with Gasteiger partial charge in [0, 0.05) is 27.2 Å². The van der Waals surface area contributed by atoms with Gasteiger partial charge in [0.15, 0.2) is 0 Å². The number of phenolic OH excluding ortho intramolecular Hbond substituents is 1. The Morgan fingerprint density at radius 2 is 2.06 bits per heavy atom. The highest BCUT2D eigenvalue weighted by Crippen LogP contribution is 2.24. The second-order valence-corrected chi connectivity index (χ2v) is 7.54. The fourth-order valence-electron chi connectivity index (χ4n) is 3.34. The van der Waals surface area contributed by atoms with Crippen LogP contribution in [0.5, 0.6) is 5.75 Å². The summed E-state index contributed by atoms with van der Waals surface area (Å²) in [6, 6.07) is 12.6. The minimum atomic E-state index is -0.353. The number of halogens is 1. The number of ether oxygens (including phenoxy) is 1. The second kappa shape index (κ2) is 10.7. The quantitative estimate of drug-likeness (QED) is 0.535. The van der Waals surface area contributed by atoms with Crippen LogP contribution in [0.25, 0.3) is 6.08 Å². The molecule has 1 heterocycles. The average molecular weight is 439 g/mol. The van der Waals surface area contributed by atoms with Gasteiger partial charge in [0.25, 0.3) is 0 Å². The van der Waals surface area contributed by atoms with Crippen LogP contribution in [0.4, 0.5) is 4.39 Å². The molecule has 2 aromatic carbocycles. The maximum Gasteiger partial charge on any atom is 0.232 e. The van der Waals surface area contributed by atoms with E-state index in [1.807, 2.05) is 12.1 Å². The third-order valence-electron chi connectivity index (χ3n) is 5.13. The Labute approximate surface area is 187 Å². The molecule has 1 amide bonds. The van der Waals surface area contributed by atoms with Gasteiger partial charge in [-0.2, -0.15) is 4.99 Å². The Morgan fingerprint density at radius 3 is 2.75 bits per heavy atom. The van der Waals surface area contributed by atoms with E-state index in [2.05, 4.69) is 4.99 Å². The van der Waals surface area contributed by atoms with Crippen LogP contribution in [0, 0.1) is 11.2 Å². The molecule has 0 aliphatic carbocycles. The van der Waals surface area contributed by atoms with Crippen molar-refractivity contribution in [2.24, 2.45) is 4.99 Å². The number of amides is 1. The first kappa shape index (κ1) is 23.1. The first-order chi connectivity index (χ1) is 15.4. The van der Waals surface area contributed by atoms with E-state index in [-0.39, 0.29) is 29.9 Å². The standard InChI is InChI=1S/C24H27FN4O3/c1-28(12-13-32-2)24(26)27-23-19(14-18-4-3-5-21(30)15-18)10-11-29(23)22(31)16-17-6-8-20(25)9-7-17/h3-9,14-15,26,30H,10-13,16H2,1-2H3. The Balaban J connectivity index is 1.89. The molecule has 0 bridgehead atoms. The molecule has 0 aromatic heterocycles. The third-order valence-corrected chi connectivity index (χ3v) is 5.13. The summed E-state index contributed by atoms with van der Waals surface area (Å²) in [5, 5.41) is 18.1. The summed E-state index contributed by atoms with van der Waals surface area (Å²) in [6.07, 6.45) is 2.54. The molecule has 1 aliphatic heterocycles. The van der Waals surface area contributed by atoms with Crippen molar-refractivity contribution in [2.75, 3.05) is 33.9 Å². The van der Waals surface area contributed by atoms with Crippen LogP contribution >= 0.6 is 0 Å². The molecule has 0 saturated carbocycles. The van der Waals surface area contributed by atoms with Crippen LogP contribution in [0.3, 0.4) is 0 Å². The number of carbonyl (C=O) groups excluding carboxylic acids is 1. The van der Waals surface area contributed by atoms with Gasteiger partial charge in [-0.3, -0.25) is 15.1 Å². The van der Waals surface area contributed by atoms with Crippen molar-refractivity contribution in [3.63, 3.8) is 0 Å². The number of aromatic hydroxyl groups is 1. The Morgan fingerprint density at radius 1 is 1.31 bits per heavy atom. The first-order valence-corrected chi connectivity index (χ1v) is 10.3. The first-order valence-electron chi connectivity index (χ1n) is 10.3. The van der Waals surface area contributed by atoms with Crippen molar-refractivity contribution in [2.45, 2.75) is 12.8 Å². The van der Waals surface area contributed by atoms with Crippen LogP contribution in [-0.2, 0) is 16.0 Å². The lowest BCUT2D eigenvalue weighted by Gasteiger charge is -2.20. The lowest BCUT2D eigenvalue weighted by molar-refractivity contribution is -0.126. The van der Waals surface area contributed by atoms with Gasteiger partial charge < -0.3 is 14.7 Å². The predicted octanol–water partition coefficient (Wildman–Crippen LogP) is 3.30. The topological polar surface area (TPSA) is 89.2 Å². The maximum atomic E-state index is 13.2. The summed E-state index contributed by atoms with van der Waals surface area (Å²) >= 11 is 0. The highest BCUT2D eigenvalue weighted by molar-refractivity contribution is 6.15. The number of amidine groups is 1. The molecule has 3 rings (SSSR count). The predicted molar refractivity (Wildman–Crippen MR) is 122 cm³/mol. The van der Waals surface area contributed by atoms with Gasteiger partial charge in [-0.25, -0.2) is 4.39 Å². The van der Waals surface area contributed by atoms with E-state index >= 15 is 0 Å². The molecular formula is C24H27FN4O3. The molecule has 32 heavy (non-hydrogen) atoms. The summed E-state index contributed by atoms with van der Waals surface area (Å²) in [7, 11) is 3.33. The molecule has 0 radical (unpaired) electrons. The third kappa shape index (κ3) is 6.01. The monoisotopic (exact) mass is 438 g/mol. The maximum absolute atomic E-state index is 13.2. The molecular weight excluding hydrogens is 411 g/mol. The van der Waals surface area contributed by atoms with Gasteiger partial charge in [0.2, 0.25) is 11.9 Å². The van der Waals surface area contributed by atoms with E-state index in [1.54, 1.807) is 54.3 Å². The van der Waals surface area contributed by atoms with Crippen molar-refractivity contribution in [3.05, 3.63) is 71.0 Å². The van der Waals surface area contributed by atoms with E-state index in [0.29, 0.717) is 37.5 Å². The number of phenols is 1. The van der Waals surface area contributed by atoms with E-state index in [1.165, 1.54) is 12.1 Å². The molecule has 8 heteroatoms. The number of hydrogen-bond donors (Lipinski definition) is 2. The highest BCUT2D eigenvalue weighted by Gasteiger charge is 2.30. The number of likely N-dealkylation sites (N-methyl/N-ethyl adjacent to an activating group) is 1. The number of hydrogen-bond acceptors (Lipinski definition) is 4. The molecule has 2 aromatic rings. The average Bonchev–Trinajstić information content (AvgIpc) is 3.15. The summed E-state index contributed by atoms with van der Waals surface area (Å²) < 4.78 is 18.3. The van der Waals surface area contributed by atoms with Gasteiger partial charge >= 0.3 is 0 Å². The summed E-state index contributed by atoms with van der Waals surface area (Å²) in [5.74, 6) is 0.0395. The largest absolute Gasteiger partial charge is 0.508 e. The van der Waals surface area contributed by atoms with Gasteiger partial charge in [-0.15, -0.1) is 0 Å². The summed E-state index contributed by atoms with van der Waals surface area (Å²) in [6.45, 7) is 1.36. The molecule has 2 N–H and O–H groups in total. The van der Waals surface area contributed by atoms with Crippen LogP contribution in [0.2, 0.25) is 0 Å². The fraction of sp³-hybridized carbons (Fsp3) is 0.292. The van der Waals surface area contributed by atoms with Crippen molar-refractivity contribution >= 4 is 23.8 Å². The number of guanidine groups is 1. The minimum Gasteiger partial charge on any atom is -0.508 e. The number of likely N-dealkylation sites (tertiary alicyclic amines) is 1. The van der Waals surface area contributed by atoms with Crippen molar-refractivity contribution in [1.29, 1.82) is 5.41 Å². The zero-order valence-electron chi connectivity index (χ0n) is 18.2. The second-order valence-electron chi connectivity index (χ2n) is 7.54. The van der Waals surface area contributed by atoms with Gasteiger partial charge in [0.1, 0.15) is 17.4 Å². The molecule has 168 valence electrons. The summed E-state index contributed by atoms with van der Waals surface area (Å²) in [4.78, 5) is 20.7. The van der Waals surface area contributed by atoms with Crippen molar-refractivity contribution < 1.29 is 19.0 Å². The number of methoxy groups -OCH3 is 1. The van der Waals surface area contributed by atoms with Gasteiger partial charge in [-0.05, 0) is 53.5 Å². The SMILES string of the molecule is COCCN(C)C(=N)N=C1C(=Cc2cccc(O)c2)CCN1C(=O)Cc1ccc(F)cc1. The normalized spacial score (nSPS) is 16.0. The fourth-order valence-corrected chi connectivity index (χ4v) is 3.34. The van der Waals surface area contributed by atoms with Crippen LogP contribution in [-0.4, -0.2) is 66.5 Å². The number of aliphatic imine (C=N–C) groups is 1. The number of benzene rings is 2. The van der Waals surface area contributed by atoms with Crippen molar-refractivity contribution in [1.82, 2.24) is 9.80 Å². The van der Waals surface area contributed by atoms with Gasteiger partial charge in [0.05, 0.1) is 13.0 Å². The zero-order valence-corrected chi connectivity index (χ0v) is 18.2. The molecule has 0 unspecified atom stereocenters. The van der Waals surface area contributed by atoms with Crippen LogP contribution < -0.4 is 0 Å². The Kier molecular flexibility index (Phi) is 7.72. The Hall–Kier alpha value is -3.52. The molecule has 0 spiro atoms. The van der Waals surface area contributed by atoms with Gasteiger partial charge in [-0.1, -0.05) is 24.3 Å². The van der Waals surface area contributed by atoms with Crippen molar-refractivity contribution in [3.8, 4) is 5.75 Å². The smallest absolute Gasteiger partial charge is 0.232 e. The molecule has 0 atom stereocenters. The van der Waals surface area contributed by atoms with Crippen LogP contribution in [0.1, 0.15) is 17.5 Å². The highest BCUT2D eigenvalue weighted by atomic mass is 19.1. The lowest BCUT2D eigenvalue weighted by Crippen LogP contribution is -2.36. The minimum absolute atomic E-state index is 0.0142. The van der Waals surface area contributed by atoms with Crippen LogP contribution in [0.15, 0.2) is 59.1 Å². The molecule has 7 nitrogen and oxygen atoms in total. The number of nitrogens with one attached hydrogen (secondary N) is 1. The van der Waals surface area contributed by atoms with E-state index in [9.17, 15) is 14.3 Å². The molecule has 1 aliphatic rings. The lowest BCUT2D eigenvalue weighted by atomic mass is 10.1. The molecule has 1 saturated heterocycles.